The molecule has 0 N–H and O–H groups in total. The molecule has 0 radical (unpaired) electrons. The van der Waals surface area contributed by atoms with Crippen molar-refractivity contribution >= 4 is 17.2 Å². The smallest absolute Gasteiger partial charge is 0.258 e. The minimum absolute atomic E-state index is 0.0754. The van der Waals surface area contributed by atoms with Crippen molar-refractivity contribution in [3.05, 3.63) is 45.5 Å². The largest absolute Gasteiger partial charge is 0.300 e. The number of aromatic nitrogens is 2. The Morgan fingerprint density at radius 3 is 2.86 bits per heavy atom. The Morgan fingerprint density at radius 2 is 2.09 bits per heavy atom. The van der Waals surface area contributed by atoms with Crippen molar-refractivity contribution in [3.63, 3.8) is 0 Å². The van der Waals surface area contributed by atoms with E-state index < -0.39 is 0 Å². The SMILES string of the molecule is CN(Cc1cc(=O)n2cc(Cl)ccc2n1)CC1CCCCC1. The number of hydrogen-bond acceptors (Lipinski definition) is 3. The molecule has 2 aromatic rings. The van der Waals surface area contributed by atoms with Gasteiger partial charge in [-0.2, -0.15) is 0 Å². The minimum atomic E-state index is -0.0754. The average Bonchev–Trinajstić information content (AvgIpc) is 2.49. The molecule has 1 aliphatic carbocycles. The van der Waals surface area contributed by atoms with Crippen LogP contribution >= 0.6 is 11.6 Å². The first-order valence-corrected chi connectivity index (χ1v) is 8.36. The van der Waals surface area contributed by atoms with E-state index in [2.05, 4.69) is 16.9 Å². The number of hydrogen-bond donors (Lipinski definition) is 0. The molecule has 118 valence electrons. The Balaban J connectivity index is 1.73. The lowest BCUT2D eigenvalue weighted by Gasteiger charge is -2.26. The number of nitrogens with zero attached hydrogens (tertiary/aromatic N) is 3. The van der Waals surface area contributed by atoms with Crippen LogP contribution in [0, 0.1) is 5.92 Å². The van der Waals surface area contributed by atoms with Crippen molar-refractivity contribution in [1.29, 1.82) is 0 Å². The van der Waals surface area contributed by atoms with Gasteiger partial charge in [-0.25, -0.2) is 4.98 Å². The molecule has 2 heterocycles. The van der Waals surface area contributed by atoms with Crippen LogP contribution in [0.5, 0.6) is 0 Å². The van der Waals surface area contributed by atoms with Crippen LogP contribution in [-0.4, -0.2) is 27.9 Å². The molecular weight excluding hydrogens is 298 g/mol. The summed E-state index contributed by atoms with van der Waals surface area (Å²) in [7, 11) is 2.11. The molecule has 5 heteroatoms. The Hall–Kier alpha value is -1.39. The predicted molar refractivity (Wildman–Crippen MR) is 89.4 cm³/mol. The molecule has 3 rings (SSSR count). The molecule has 22 heavy (non-hydrogen) atoms. The van der Waals surface area contributed by atoms with Gasteiger partial charge in [0.05, 0.1) is 10.7 Å². The molecule has 0 spiro atoms. The number of halogens is 1. The van der Waals surface area contributed by atoms with Crippen LogP contribution < -0.4 is 5.56 Å². The van der Waals surface area contributed by atoms with Gasteiger partial charge in [0.1, 0.15) is 5.65 Å². The maximum atomic E-state index is 12.2. The van der Waals surface area contributed by atoms with Crippen molar-refractivity contribution in [2.75, 3.05) is 13.6 Å². The topological polar surface area (TPSA) is 37.6 Å². The summed E-state index contributed by atoms with van der Waals surface area (Å²) in [5.74, 6) is 0.791. The number of rotatable bonds is 4. The summed E-state index contributed by atoms with van der Waals surface area (Å²) in [5, 5.41) is 0.540. The molecular formula is C17H22ClN3O. The van der Waals surface area contributed by atoms with E-state index in [9.17, 15) is 4.79 Å². The molecule has 0 aliphatic heterocycles. The summed E-state index contributed by atoms with van der Waals surface area (Å²) in [6, 6.07) is 5.16. The second-order valence-corrected chi connectivity index (χ2v) is 6.80. The summed E-state index contributed by atoms with van der Waals surface area (Å²) in [4.78, 5) is 19.0. The highest BCUT2D eigenvalue weighted by Crippen LogP contribution is 2.24. The van der Waals surface area contributed by atoms with Gasteiger partial charge in [-0.3, -0.25) is 9.20 Å². The third-order valence-corrected chi connectivity index (χ3v) is 4.63. The van der Waals surface area contributed by atoms with E-state index in [0.717, 1.165) is 18.2 Å². The predicted octanol–water partition coefficient (Wildman–Crippen LogP) is 3.36. The van der Waals surface area contributed by atoms with Crippen LogP contribution in [0.1, 0.15) is 37.8 Å². The van der Waals surface area contributed by atoms with E-state index in [1.165, 1.54) is 36.5 Å². The van der Waals surface area contributed by atoms with Gasteiger partial charge in [-0.15, -0.1) is 0 Å². The van der Waals surface area contributed by atoms with E-state index >= 15 is 0 Å². The van der Waals surface area contributed by atoms with E-state index in [1.807, 2.05) is 0 Å². The average molecular weight is 320 g/mol. The molecule has 1 saturated carbocycles. The summed E-state index contributed by atoms with van der Waals surface area (Å²) in [5.41, 5.74) is 1.40. The summed E-state index contributed by atoms with van der Waals surface area (Å²) in [6.07, 6.45) is 8.37. The van der Waals surface area contributed by atoms with Crippen LogP contribution in [0.25, 0.3) is 5.65 Å². The Bertz CT molecular complexity index is 707. The maximum Gasteiger partial charge on any atom is 0.258 e. The lowest BCUT2D eigenvalue weighted by atomic mass is 9.89. The molecule has 2 aromatic heterocycles. The van der Waals surface area contributed by atoms with Gasteiger partial charge in [0.2, 0.25) is 0 Å². The normalized spacial score (nSPS) is 16.5. The monoisotopic (exact) mass is 319 g/mol. The Morgan fingerprint density at radius 1 is 1.32 bits per heavy atom. The van der Waals surface area contributed by atoms with Gasteiger partial charge in [0, 0.05) is 25.4 Å². The first-order chi connectivity index (χ1) is 10.6. The lowest BCUT2D eigenvalue weighted by Crippen LogP contribution is -2.28. The second-order valence-electron chi connectivity index (χ2n) is 6.36. The van der Waals surface area contributed by atoms with Gasteiger partial charge in [0.15, 0.2) is 0 Å². The summed E-state index contributed by atoms with van der Waals surface area (Å²) in [6.45, 7) is 1.80. The van der Waals surface area contributed by atoms with Crippen LogP contribution in [0.15, 0.2) is 29.2 Å². The summed E-state index contributed by atoms with van der Waals surface area (Å²) >= 11 is 5.93. The molecule has 0 unspecified atom stereocenters. The molecule has 0 amide bonds. The van der Waals surface area contributed by atoms with Crippen LogP contribution in [0.3, 0.4) is 0 Å². The van der Waals surface area contributed by atoms with Gasteiger partial charge >= 0.3 is 0 Å². The molecule has 0 bridgehead atoms. The molecule has 0 atom stereocenters. The van der Waals surface area contributed by atoms with E-state index in [0.29, 0.717) is 17.2 Å². The zero-order valence-electron chi connectivity index (χ0n) is 13.0. The minimum Gasteiger partial charge on any atom is -0.300 e. The highest BCUT2D eigenvalue weighted by Gasteiger charge is 2.16. The molecule has 0 aromatic carbocycles. The van der Waals surface area contributed by atoms with Gasteiger partial charge in [-0.05, 0) is 37.9 Å². The fourth-order valence-electron chi connectivity index (χ4n) is 3.36. The second kappa shape index (κ2) is 6.80. The zero-order valence-corrected chi connectivity index (χ0v) is 13.7. The fraction of sp³-hybridized carbons (Fsp3) is 0.529. The molecule has 1 aliphatic rings. The van der Waals surface area contributed by atoms with E-state index in [1.54, 1.807) is 24.4 Å². The van der Waals surface area contributed by atoms with Crippen molar-refractivity contribution in [3.8, 4) is 0 Å². The van der Waals surface area contributed by atoms with Crippen molar-refractivity contribution in [2.24, 2.45) is 5.92 Å². The van der Waals surface area contributed by atoms with Crippen LogP contribution in [0.4, 0.5) is 0 Å². The highest BCUT2D eigenvalue weighted by atomic mass is 35.5. The lowest BCUT2D eigenvalue weighted by molar-refractivity contribution is 0.226. The summed E-state index contributed by atoms with van der Waals surface area (Å²) < 4.78 is 1.49. The quantitative estimate of drug-likeness (QED) is 0.867. The van der Waals surface area contributed by atoms with E-state index in [-0.39, 0.29) is 5.56 Å². The first kappa shape index (κ1) is 15.5. The van der Waals surface area contributed by atoms with Gasteiger partial charge in [0.25, 0.3) is 5.56 Å². The van der Waals surface area contributed by atoms with Gasteiger partial charge in [-0.1, -0.05) is 30.9 Å². The van der Waals surface area contributed by atoms with Crippen molar-refractivity contribution in [1.82, 2.24) is 14.3 Å². The Labute approximate surface area is 135 Å². The fourth-order valence-corrected chi connectivity index (χ4v) is 3.52. The molecule has 4 nitrogen and oxygen atoms in total. The van der Waals surface area contributed by atoms with E-state index in [4.69, 9.17) is 11.6 Å². The third kappa shape index (κ3) is 3.68. The zero-order chi connectivity index (χ0) is 15.5. The molecule has 0 saturated heterocycles. The highest BCUT2D eigenvalue weighted by molar-refractivity contribution is 6.30. The van der Waals surface area contributed by atoms with Crippen molar-refractivity contribution < 1.29 is 0 Å². The van der Waals surface area contributed by atoms with Crippen LogP contribution in [-0.2, 0) is 6.54 Å². The third-order valence-electron chi connectivity index (χ3n) is 4.40. The molecule has 1 fully saturated rings. The van der Waals surface area contributed by atoms with Crippen molar-refractivity contribution in [2.45, 2.75) is 38.6 Å². The van der Waals surface area contributed by atoms with Crippen LogP contribution in [0.2, 0.25) is 5.02 Å². The van der Waals surface area contributed by atoms with Gasteiger partial charge < -0.3 is 4.90 Å². The maximum absolute atomic E-state index is 12.2. The number of fused-ring (bicyclic) bond motifs is 1. The standard InChI is InChI=1S/C17H22ClN3O/c1-20(10-13-5-3-2-4-6-13)12-15-9-17(22)21-11-14(18)7-8-16(21)19-15/h7-9,11,13H,2-6,10,12H2,1H3. The Kier molecular flexibility index (Phi) is 4.79. The first-order valence-electron chi connectivity index (χ1n) is 7.98. The number of pyridine rings is 1.